The Morgan fingerprint density at radius 3 is 2.82 bits per heavy atom. The van der Waals surface area contributed by atoms with Crippen molar-refractivity contribution in [1.82, 2.24) is 20.1 Å². The van der Waals surface area contributed by atoms with E-state index in [4.69, 9.17) is 9.72 Å². The van der Waals surface area contributed by atoms with E-state index in [2.05, 4.69) is 49.1 Å². The number of hydrogen-bond acceptors (Lipinski definition) is 8. The van der Waals surface area contributed by atoms with Gasteiger partial charge in [-0.15, -0.1) is 0 Å². The second kappa shape index (κ2) is 10.7. The van der Waals surface area contributed by atoms with Crippen molar-refractivity contribution in [2.75, 3.05) is 48.8 Å². The van der Waals surface area contributed by atoms with Gasteiger partial charge in [0.1, 0.15) is 0 Å². The van der Waals surface area contributed by atoms with E-state index in [1.807, 2.05) is 21.0 Å². The highest BCUT2D eigenvalue weighted by Gasteiger charge is 2.36. The Morgan fingerprint density at radius 2 is 2.00 bits per heavy atom. The first-order valence-electron chi connectivity index (χ1n) is 13.8. The van der Waals surface area contributed by atoms with Crippen LogP contribution in [-0.4, -0.2) is 59.9 Å². The molecule has 1 amide bonds. The summed E-state index contributed by atoms with van der Waals surface area (Å²) in [5.41, 5.74) is 5.72. The number of nitrogens with zero attached hydrogens (tertiary/aromatic N) is 5. The lowest BCUT2D eigenvalue weighted by atomic mass is 9.97. The lowest BCUT2D eigenvalue weighted by Crippen LogP contribution is -2.36. The smallest absolute Gasteiger partial charge is 0.280 e. The minimum atomic E-state index is -0.307. The predicted octanol–water partition coefficient (Wildman–Crippen LogP) is 4.05. The van der Waals surface area contributed by atoms with E-state index in [0.29, 0.717) is 41.5 Å². The van der Waals surface area contributed by atoms with Crippen molar-refractivity contribution in [3.63, 3.8) is 0 Å². The summed E-state index contributed by atoms with van der Waals surface area (Å²) in [6.45, 7) is 4.99. The number of amides is 1. The largest absolute Gasteiger partial charge is 0.477 e. The Kier molecular flexibility index (Phi) is 6.95. The fraction of sp³-hybridized carbons (Fsp3) is 0.448. The highest BCUT2D eigenvalue weighted by Crippen LogP contribution is 2.43. The van der Waals surface area contributed by atoms with Gasteiger partial charge in [0.05, 0.1) is 35.4 Å². The van der Waals surface area contributed by atoms with Crippen LogP contribution in [-0.2, 0) is 7.05 Å². The zero-order valence-electron chi connectivity index (χ0n) is 22.8. The highest BCUT2D eigenvalue weighted by atomic mass is 16.5. The van der Waals surface area contributed by atoms with E-state index in [-0.39, 0.29) is 5.91 Å². The van der Waals surface area contributed by atoms with Crippen molar-refractivity contribution in [3.8, 4) is 17.1 Å². The number of benzene rings is 1. The number of likely N-dealkylation sites (N-methyl/N-ethyl adjacent to an activating group) is 1. The van der Waals surface area contributed by atoms with E-state index in [1.165, 1.54) is 12.8 Å². The van der Waals surface area contributed by atoms with Crippen LogP contribution in [0.1, 0.15) is 41.7 Å². The van der Waals surface area contributed by atoms with Crippen LogP contribution in [0.2, 0.25) is 0 Å². The standard InChI is InChI=1S/C29H36N8O2/c1-18-13-21-14-25(33-18)23-16-32-36(3)28(23)39-12-4-5-20(19-6-7-19)17-37-26-15-22(31-11-10-30-2)8-9-24(26)34-29(37)35-27(21)38/h8-9,13-16,19-20,30-31H,4-7,10-12,17H2,1-3H3,(H,34,35,38)/t20-/m1/s1. The van der Waals surface area contributed by atoms with Crippen LogP contribution >= 0.6 is 0 Å². The molecule has 1 aromatic carbocycles. The van der Waals surface area contributed by atoms with Crippen LogP contribution < -0.4 is 25.6 Å². The number of carbonyl (C=O) groups is 1. The van der Waals surface area contributed by atoms with Gasteiger partial charge >= 0.3 is 0 Å². The zero-order chi connectivity index (χ0) is 26.9. The van der Waals surface area contributed by atoms with E-state index in [1.54, 1.807) is 23.0 Å². The minimum Gasteiger partial charge on any atom is -0.477 e. The molecule has 2 bridgehead atoms. The number of fused-ring (bicyclic) bond motifs is 7. The van der Waals surface area contributed by atoms with E-state index in [0.717, 1.165) is 60.8 Å². The second-order valence-corrected chi connectivity index (χ2v) is 10.7. The Bertz CT molecular complexity index is 1410. The predicted molar refractivity (Wildman–Crippen MR) is 154 cm³/mol. The molecule has 0 radical (unpaired) electrons. The molecule has 39 heavy (non-hydrogen) atoms. The monoisotopic (exact) mass is 528 g/mol. The van der Waals surface area contributed by atoms with E-state index >= 15 is 0 Å². The molecule has 3 aliphatic rings. The summed E-state index contributed by atoms with van der Waals surface area (Å²) in [6.07, 6.45) is 6.22. The third kappa shape index (κ3) is 5.34. The number of aliphatic imine (C=N–C) groups is 1. The SMILES string of the molecule is CNCCNc1ccc2c(c1)N1C[C@H](C3CC3)CCCOc3c(cnn3C)-c3cc(cc(C)n3)C(=O)/N=C/1N2. The van der Waals surface area contributed by atoms with Gasteiger partial charge in [-0.1, -0.05) is 0 Å². The maximum absolute atomic E-state index is 13.6. The van der Waals surface area contributed by atoms with Gasteiger partial charge in [-0.2, -0.15) is 10.1 Å². The molecule has 10 heteroatoms. The van der Waals surface area contributed by atoms with Gasteiger partial charge < -0.3 is 25.6 Å². The molecule has 2 aromatic heterocycles. The van der Waals surface area contributed by atoms with Gasteiger partial charge in [-0.3, -0.25) is 9.78 Å². The maximum atomic E-state index is 13.6. The molecule has 3 N–H and O–H groups in total. The third-order valence-electron chi connectivity index (χ3n) is 7.73. The molecule has 0 unspecified atom stereocenters. The summed E-state index contributed by atoms with van der Waals surface area (Å²) < 4.78 is 7.99. The van der Waals surface area contributed by atoms with Crippen LogP contribution in [0, 0.1) is 18.8 Å². The Labute approximate surface area is 228 Å². The minimum absolute atomic E-state index is 0.307. The summed E-state index contributed by atoms with van der Waals surface area (Å²) >= 11 is 0. The van der Waals surface area contributed by atoms with Gasteiger partial charge in [-0.25, -0.2) is 4.68 Å². The molecule has 10 nitrogen and oxygen atoms in total. The molecule has 0 saturated heterocycles. The van der Waals surface area contributed by atoms with Gasteiger partial charge in [0, 0.05) is 43.6 Å². The molecular formula is C29H36N8O2. The number of aryl methyl sites for hydroxylation is 2. The maximum Gasteiger partial charge on any atom is 0.280 e. The Morgan fingerprint density at radius 1 is 1.13 bits per heavy atom. The fourth-order valence-electron chi connectivity index (χ4n) is 5.53. The van der Waals surface area contributed by atoms with Crippen LogP contribution in [0.15, 0.2) is 41.5 Å². The topological polar surface area (TPSA) is 109 Å². The molecule has 1 saturated carbocycles. The van der Waals surface area contributed by atoms with E-state index in [9.17, 15) is 4.79 Å². The van der Waals surface area contributed by atoms with E-state index < -0.39 is 0 Å². The van der Waals surface area contributed by atoms with Crippen molar-refractivity contribution in [1.29, 1.82) is 0 Å². The number of pyridine rings is 1. The number of hydrogen-bond donors (Lipinski definition) is 3. The molecule has 2 aliphatic heterocycles. The summed E-state index contributed by atoms with van der Waals surface area (Å²) in [5, 5.41) is 14.5. The molecule has 1 atom stereocenters. The fourth-order valence-corrected chi connectivity index (χ4v) is 5.53. The molecule has 204 valence electrons. The van der Waals surface area contributed by atoms with Crippen molar-refractivity contribution in [2.24, 2.45) is 23.9 Å². The first-order chi connectivity index (χ1) is 19.0. The Balaban J connectivity index is 1.40. The van der Waals surface area contributed by atoms with Gasteiger partial charge in [0.2, 0.25) is 11.8 Å². The van der Waals surface area contributed by atoms with Crippen LogP contribution in [0.25, 0.3) is 11.3 Å². The van der Waals surface area contributed by atoms with Gasteiger partial charge in [0.25, 0.3) is 5.91 Å². The molecule has 0 spiro atoms. The molecule has 3 aromatic rings. The van der Waals surface area contributed by atoms with Crippen molar-refractivity contribution in [2.45, 2.75) is 32.6 Å². The number of rotatable bonds is 5. The molecule has 6 rings (SSSR count). The molecule has 4 heterocycles. The lowest BCUT2D eigenvalue weighted by Gasteiger charge is -2.26. The van der Waals surface area contributed by atoms with Crippen molar-refractivity contribution in [3.05, 3.63) is 47.8 Å². The zero-order valence-corrected chi connectivity index (χ0v) is 22.8. The molecule has 1 aliphatic carbocycles. The average Bonchev–Trinajstić information content (AvgIpc) is 3.63. The number of anilines is 3. The first-order valence-corrected chi connectivity index (χ1v) is 13.8. The summed E-state index contributed by atoms with van der Waals surface area (Å²) in [5.74, 6) is 2.11. The van der Waals surface area contributed by atoms with Gasteiger partial charge in [0.15, 0.2) is 0 Å². The second-order valence-electron chi connectivity index (χ2n) is 10.7. The third-order valence-corrected chi connectivity index (χ3v) is 7.73. The summed E-state index contributed by atoms with van der Waals surface area (Å²) in [6, 6.07) is 9.86. The Hall–Kier alpha value is -3.92. The normalized spacial score (nSPS) is 20.4. The number of ether oxygens (including phenoxy) is 1. The van der Waals surface area contributed by atoms with Crippen LogP contribution in [0.5, 0.6) is 5.88 Å². The number of aromatic nitrogens is 3. The van der Waals surface area contributed by atoms with Crippen molar-refractivity contribution < 1.29 is 9.53 Å². The van der Waals surface area contributed by atoms with Gasteiger partial charge in [-0.05, 0) is 81.8 Å². The summed E-state index contributed by atoms with van der Waals surface area (Å²) in [4.78, 5) is 25.1. The van der Waals surface area contributed by atoms with Crippen molar-refractivity contribution >= 4 is 28.9 Å². The quantitative estimate of drug-likeness (QED) is 0.426. The first kappa shape index (κ1) is 25.4. The highest BCUT2D eigenvalue weighted by molar-refractivity contribution is 6.19. The van der Waals surface area contributed by atoms with Crippen LogP contribution in [0.3, 0.4) is 0 Å². The molecule has 1 fully saturated rings. The van der Waals surface area contributed by atoms with Crippen LogP contribution in [0.4, 0.5) is 17.1 Å². The molecular weight excluding hydrogens is 492 g/mol. The number of carbonyl (C=O) groups excluding carboxylic acids is 1. The number of nitrogens with one attached hydrogen (secondary N) is 3. The summed E-state index contributed by atoms with van der Waals surface area (Å²) in [7, 11) is 3.82. The average molecular weight is 529 g/mol. The lowest BCUT2D eigenvalue weighted by molar-refractivity contribution is 0.100. The number of guanidine groups is 1.